The van der Waals surface area contributed by atoms with Crippen LogP contribution in [0.5, 0.6) is 5.75 Å². The topological polar surface area (TPSA) is 102 Å². The quantitative estimate of drug-likeness (QED) is 0.252. The van der Waals surface area contributed by atoms with E-state index < -0.39 is 17.8 Å². The minimum Gasteiger partial charge on any atom is -0.495 e. The van der Waals surface area contributed by atoms with Crippen LogP contribution < -0.4 is 15.0 Å². The summed E-state index contributed by atoms with van der Waals surface area (Å²) in [5, 5.41) is 7.36. The number of aromatic nitrogens is 3. The van der Waals surface area contributed by atoms with E-state index in [1.165, 1.54) is 46.9 Å². The fourth-order valence-corrected chi connectivity index (χ4v) is 5.36. The van der Waals surface area contributed by atoms with E-state index in [0.29, 0.717) is 34.2 Å². The van der Waals surface area contributed by atoms with Crippen LogP contribution in [0.15, 0.2) is 72.0 Å². The Kier molecular flexibility index (Phi) is 8.27. The highest BCUT2D eigenvalue weighted by Gasteiger charge is 2.33. The van der Waals surface area contributed by atoms with Crippen molar-refractivity contribution in [1.82, 2.24) is 14.8 Å². The van der Waals surface area contributed by atoms with Gasteiger partial charge in [-0.3, -0.25) is 9.69 Å². The number of aliphatic imine (C=N–C) groups is 1. The molecule has 4 aromatic rings. The van der Waals surface area contributed by atoms with Gasteiger partial charge >= 0.3 is 12.2 Å². The van der Waals surface area contributed by atoms with Gasteiger partial charge in [0.1, 0.15) is 12.1 Å². The van der Waals surface area contributed by atoms with Crippen LogP contribution >= 0.6 is 11.8 Å². The Bertz CT molecular complexity index is 1720. The molecule has 0 saturated carbocycles. The second-order valence-corrected chi connectivity index (χ2v) is 11.0. The predicted octanol–water partition coefficient (Wildman–Crippen LogP) is 7.06. The molecule has 0 atom stereocenters. The number of carbonyl (C=O) groups excluding carboxylic acids is 2. The summed E-state index contributed by atoms with van der Waals surface area (Å²) in [5.74, 6) is 0.774. The summed E-state index contributed by atoms with van der Waals surface area (Å²) in [7, 11) is 1.44. The highest BCUT2D eigenvalue weighted by Crippen LogP contribution is 2.35. The molecule has 0 spiro atoms. The van der Waals surface area contributed by atoms with Crippen LogP contribution in [0, 0.1) is 6.92 Å². The molecular weight excluding hydrogens is 581 g/mol. The third-order valence-electron chi connectivity index (χ3n) is 6.66. The van der Waals surface area contributed by atoms with Crippen LogP contribution in [-0.2, 0) is 11.0 Å². The maximum absolute atomic E-state index is 13.0. The highest BCUT2D eigenvalue weighted by atomic mass is 32.2. The van der Waals surface area contributed by atoms with Gasteiger partial charge in [0.05, 0.1) is 35.5 Å². The number of urea groups is 1. The van der Waals surface area contributed by atoms with E-state index in [0.717, 1.165) is 23.3 Å². The molecule has 1 aliphatic heterocycles. The largest absolute Gasteiger partial charge is 0.495 e. The van der Waals surface area contributed by atoms with Gasteiger partial charge in [0.2, 0.25) is 5.91 Å². The average molecular weight is 609 g/mol. The summed E-state index contributed by atoms with van der Waals surface area (Å²) in [6.07, 6.45) is -3.04. The van der Waals surface area contributed by atoms with Crippen molar-refractivity contribution >= 4 is 40.2 Å². The number of anilines is 2. The summed E-state index contributed by atoms with van der Waals surface area (Å²) < 4.78 is 45.5. The van der Waals surface area contributed by atoms with Crippen molar-refractivity contribution in [2.45, 2.75) is 32.9 Å². The van der Waals surface area contributed by atoms with Crippen LogP contribution in [0.25, 0.3) is 17.1 Å². The average Bonchev–Trinajstić information content (AvgIpc) is 3.59. The summed E-state index contributed by atoms with van der Waals surface area (Å²) in [6.45, 7) is 6.02. The number of halogens is 3. The summed E-state index contributed by atoms with van der Waals surface area (Å²) in [4.78, 5) is 35.8. The van der Waals surface area contributed by atoms with Gasteiger partial charge in [0, 0.05) is 5.56 Å². The fraction of sp³-hybridized carbons (Fsp3) is 0.233. The van der Waals surface area contributed by atoms with E-state index in [-0.39, 0.29) is 22.7 Å². The van der Waals surface area contributed by atoms with Crippen LogP contribution in [0.1, 0.15) is 36.5 Å². The van der Waals surface area contributed by atoms with Gasteiger partial charge in [-0.2, -0.15) is 18.2 Å². The molecule has 1 fully saturated rings. The molecule has 0 bridgehead atoms. The standard InChI is InChI=1S/C30H27F3N6O3S/c1-17(2)22-11-5-18(3)13-24(22)39-26(40)15-43-29(39)36-28(41)35-23-12-6-19(14-25(23)42-4)27-34-16-38(37-27)21-9-7-20(8-10-21)30(31,32)33/h5-14,16-17H,15H2,1-4H3,(H,35,41). The lowest BCUT2D eigenvalue weighted by atomic mass is 9.99. The zero-order chi connectivity index (χ0) is 30.9. The number of alkyl halides is 3. The molecule has 1 N–H and O–H groups in total. The Hall–Kier alpha value is -4.65. The van der Waals surface area contributed by atoms with Crippen molar-refractivity contribution in [2.75, 3.05) is 23.1 Å². The normalized spacial score (nSPS) is 14.6. The number of nitrogens with one attached hydrogen (secondary N) is 1. The van der Waals surface area contributed by atoms with Gasteiger partial charge in [-0.15, -0.1) is 5.10 Å². The van der Waals surface area contributed by atoms with E-state index in [4.69, 9.17) is 4.74 Å². The lowest BCUT2D eigenvalue weighted by Crippen LogP contribution is -2.31. The number of hydrogen-bond donors (Lipinski definition) is 1. The van der Waals surface area contributed by atoms with Gasteiger partial charge in [0.25, 0.3) is 0 Å². The molecule has 13 heteroatoms. The maximum atomic E-state index is 13.0. The zero-order valence-corrected chi connectivity index (χ0v) is 24.5. The first-order valence-electron chi connectivity index (χ1n) is 13.2. The number of carbonyl (C=O) groups is 2. The summed E-state index contributed by atoms with van der Waals surface area (Å²) in [6, 6.07) is 14.7. The Labute approximate surface area is 249 Å². The Morgan fingerprint density at radius 1 is 1.09 bits per heavy atom. The number of methoxy groups -OCH3 is 1. The number of aryl methyl sites for hydroxylation is 1. The first-order valence-corrected chi connectivity index (χ1v) is 14.2. The van der Waals surface area contributed by atoms with Crippen molar-refractivity contribution in [3.8, 4) is 22.8 Å². The number of amidine groups is 1. The number of rotatable bonds is 6. The minimum atomic E-state index is -4.43. The molecule has 0 aliphatic carbocycles. The molecule has 43 heavy (non-hydrogen) atoms. The third-order valence-corrected chi connectivity index (χ3v) is 7.59. The highest BCUT2D eigenvalue weighted by molar-refractivity contribution is 8.15. The summed E-state index contributed by atoms with van der Waals surface area (Å²) >= 11 is 1.19. The molecule has 3 aromatic carbocycles. The lowest BCUT2D eigenvalue weighted by molar-refractivity contribution is -0.137. The molecule has 9 nitrogen and oxygen atoms in total. The van der Waals surface area contributed by atoms with Crippen molar-refractivity contribution in [1.29, 1.82) is 0 Å². The smallest absolute Gasteiger partial charge is 0.416 e. The third kappa shape index (κ3) is 6.41. The molecule has 0 radical (unpaired) electrons. The number of benzene rings is 3. The minimum absolute atomic E-state index is 0.155. The van der Waals surface area contributed by atoms with E-state index in [2.05, 4.69) is 20.4 Å². The van der Waals surface area contributed by atoms with Crippen molar-refractivity contribution < 1.29 is 27.5 Å². The van der Waals surface area contributed by atoms with E-state index in [1.807, 2.05) is 39.0 Å². The number of hydrogen-bond acceptors (Lipinski definition) is 6. The van der Waals surface area contributed by atoms with Crippen molar-refractivity contribution in [3.05, 3.63) is 83.7 Å². The van der Waals surface area contributed by atoms with Crippen LogP contribution in [0.2, 0.25) is 0 Å². The molecule has 222 valence electrons. The van der Waals surface area contributed by atoms with E-state index in [9.17, 15) is 22.8 Å². The molecule has 1 saturated heterocycles. The molecular formula is C30H27F3N6O3S. The monoisotopic (exact) mass is 608 g/mol. The molecule has 2 heterocycles. The molecule has 0 unspecified atom stereocenters. The van der Waals surface area contributed by atoms with Crippen molar-refractivity contribution in [3.63, 3.8) is 0 Å². The molecule has 1 aliphatic rings. The SMILES string of the molecule is COc1cc(-c2ncn(-c3ccc(C(F)(F)F)cc3)n2)ccc1NC(=O)N=C1SCC(=O)N1c1cc(C)ccc1C(C)C. The van der Waals surface area contributed by atoms with Gasteiger partial charge in [-0.1, -0.05) is 37.7 Å². The Morgan fingerprint density at radius 3 is 2.51 bits per heavy atom. The number of thioether (sulfide) groups is 1. The second kappa shape index (κ2) is 11.9. The first-order chi connectivity index (χ1) is 20.4. The maximum Gasteiger partial charge on any atom is 0.416 e. The van der Waals surface area contributed by atoms with Gasteiger partial charge in [-0.05, 0) is 72.5 Å². The van der Waals surface area contributed by atoms with Crippen LogP contribution in [-0.4, -0.2) is 44.7 Å². The van der Waals surface area contributed by atoms with Gasteiger partial charge < -0.3 is 10.1 Å². The second-order valence-electron chi connectivity index (χ2n) is 10.0. The van der Waals surface area contributed by atoms with E-state index in [1.54, 1.807) is 18.2 Å². The molecule has 5 rings (SSSR count). The van der Waals surface area contributed by atoms with Crippen LogP contribution in [0.4, 0.5) is 29.3 Å². The summed E-state index contributed by atoms with van der Waals surface area (Å²) in [5.41, 5.74) is 3.20. The van der Waals surface area contributed by atoms with E-state index >= 15 is 0 Å². The van der Waals surface area contributed by atoms with Gasteiger partial charge in [0.15, 0.2) is 11.0 Å². The fourth-order valence-electron chi connectivity index (χ4n) is 4.50. The van der Waals surface area contributed by atoms with Gasteiger partial charge in [-0.25, -0.2) is 14.5 Å². The van der Waals surface area contributed by atoms with Crippen LogP contribution in [0.3, 0.4) is 0 Å². The number of amides is 3. The molecule has 3 amide bonds. The number of nitrogens with zero attached hydrogens (tertiary/aromatic N) is 5. The van der Waals surface area contributed by atoms with Crippen molar-refractivity contribution in [2.24, 2.45) is 4.99 Å². The Morgan fingerprint density at radius 2 is 1.84 bits per heavy atom. The number of ether oxygens (including phenoxy) is 1. The first kappa shape index (κ1) is 29.8. The molecule has 1 aromatic heterocycles. The lowest BCUT2D eigenvalue weighted by Gasteiger charge is -2.22. The predicted molar refractivity (Wildman–Crippen MR) is 160 cm³/mol. The Balaban J connectivity index is 1.35. The zero-order valence-electron chi connectivity index (χ0n) is 23.6.